The van der Waals surface area contributed by atoms with E-state index in [9.17, 15) is 9.59 Å². The summed E-state index contributed by atoms with van der Waals surface area (Å²) in [5.74, 6) is -0.558. The zero-order chi connectivity index (χ0) is 13.3. The highest BCUT2D eigenvalue weighted by Gasteiger charge is 2.26. The number of aryl methyl sites for hydroxylation is 1. The molecule has 0 saturated heterocycles. The molecule has 0 atom stereocenters. The van der Waals surface area contributed by atoms with Crippen LogP contribution in [0.2, 0.25) is 5.02 Å². The molecular weight excluding hydrogens is 258 g/mol. The number of aromatic amines is 1. The fourth-order valence-corrected chi connectivity index (χ4v) is 1.68. The van der Waals surface area contributed by atoms with Crippen LogP contribution in [-0.2, 0) is 7.05 Å². The van der Waals surface area contributed by atoms with Crippen molar-refractivity contribution in [2.24, 2.45) is 7.05 Å². The molecule has 7 heteroatoms. The van der Waals surface area contributed by atoms with E-state index in [-0.39, 0.29) is 5.69 Å². The average molecular weight is 269 g/mol. The van der Waals surface area contributed by atoms with Crippen molar-refractivity contribution < 1.29 is 14.0 Å². The summed E-state index contributed by atoms with van der Waals surface area (Å²) >= 11 is 5.94. The molecule has 0 bridgehead atoms. The van der Waals surface area contributed by atoms with Gasteiger partial charge in [0.05, 0.1) is 0 Å². The molecule has 0 aliphatic heterocycles. The number of nitrogens with one attached hydrogen (secondary N) is 2. The van der Waals surface area contributed by atoms with Gasteiger partial charge in [-0.1, -0.05) is 22.3 Å². The molecule has 0 fully saturated rings. The molecule has 2 aromatic rings. The summed E-state index contributed by atoms with van der Waals surface area (Å²) < 4.78 is 5.71. The maximum absolute atomic E-state index is 11.9. The number of aromatic nitrogens is 2. The second-order valence-electron chi connectivity index (χ2n) is 3.75. The number of amides is 1. The number of carbonyl (C=O) groups is 1. The Kier molecular flexibility index (Phi) is 3.20. The van der Waals surface area contributed by atoms with E-state index >= 15 is 0 Å². The molecule has 1 amide bonds. The van der Waals surface area contributed by atoms with Crippen molar-refractivity contribution in [3.8, 4) is 0 Å². The molecule has 0 spiro atoms. The first-order valence-electron chi connectivity index (χ1n) is 5.14. The molecule has 2 rings (SSSR count). The molecular formula is C11H11ClN3O3+. The van der Waals surface area contributed by atoms with Crippen LogP contribution in [0.3, 0.4) is 0 Å². The molecule has 0 aliphatic carbocycles. The maximum Gasteiger partial charge on any atom is 0.440 e. The Hall–Kier alpha value is -2.08. The van der Waals surface area contributed by atoms with Crippen molar-refractivity contribution in [1.29, 1.82) is 0 Å². The van der Waals surface area contributed by atoms with E-state index in [1.165, 1.54) is 11.7 Å². The lowest BCUT2D eigenvalue weighted by Crippen LogP contribution is -2.41. The number of rotatable bonds is 2. The van der Waals surface area contributed by atoms with Crippen molar-refractivity contribution in [2.45, 2.75) is 6.92 Å². The van der Waals surface area contributed by atoms with E-state index < -0.39 is 11.5 Å². The third kappa shape index (κ3) is 2.14. The van der Waals surface area contributed by atoms with E-state index in [2.05, 4.69) is 15.1 Å². The highest BCUT2D eigenvalue weighted by atomic mass is 35.5. The van der Waals surface area contributed by atoms with E-state index in [0.29, 0.717) is 10.7 Å². The average Bonchev–Trinajstić information content (AvgIpc) is 2.65. The van der Waals surface area contributed by atoms with Gasteiger partial charge in [-0.25, -0.2) is 4.79 Å². The Morgan fingerprint density at radius 3 is 2.83 bits per heavy atom. The van der Waals surface area contributed by atoms with Crippen LogP contribution in [0.25, 0.3) is 0 Å². The van der Waals surface area contributed by atoms with Gasteiger partial charge in [0.15, 0.2) is 7.05 Å². The minimum atomic E-state index is -0.727. The second kappa shape index (κ2) is 4.66. The highest BCUT2D eigenvalue weighted by molar-refractivity contribution is 6.31. The Bertz CT molecular complexity index is 660. The zero-order valence-corrected chi connectivity index (χ0v) is 10.5. The van der Waals surface area contributed by atoms with Crippen molar-refractivity contribution in [3.63, 3.8) is 0 Å². The third-order valence-electron chi connectivity index (χ3n) is 2.54. The fraction of sp³-hybridized carbons (Fsp3) is 0.182. The Balaban J connectivity index is 2.33. The SMILES string of the molecule is Cc1c(Cl)cccc1NC(=O)c1c(=O)o[nH][n+]1C. The van der Waals surface area contributed by atoms with Gasteiger partial charge in [0.25, 0.3) is 0 Å². The second-order valence-corrected chi connectivity index (χ2v) is 4.16. The van der Waals surface area contributed by atoms with Crippen molar-refractivity contribution >= 4 is 23.2 Å². The van der Waals surface area contributed by atoms with Gasteiger partial charge in [0.1, 0.15) is 0 Å². The lowest BCUT2D eigenvalue weighted by Gasteiger charge is -2.06. The Morgan fingerprint density at radius 2 is 2.22 bits per heavy atom. The minimum Gasteiger partial charge on any atom is -0.316 e. The normalized spacial score (nSPS) is 10.4. The van der Waals surface area contributed by atoms with Gasteiger partial charge in [-0.3, -0.25) is 9.32 Å². The molecule has 1 aromatic heterocycles. The largest absolute Gasteiger partial charge is 0.440 e. The van der Waals surface area contributed by atoms with E-state index in [4.69, 9.17) is 11.6 Å². The van der Waals surface area contributed by atoms with Crippen LogP contribution < -0.4 is 15.6 Å². The topological polar surface area (TPSA) is 79.0 Å². The van der Waals surface area contributed by atoms with E-state index in [0.717, 1.165) is 5.56 Å². The summed E-state index contributed by atoms with van der Waals surface area (Å²) in [4.78, 5) is 23.2. The number of nitrogens with zero attached hydrogens (tertiary/aromatic N) is 1. The van der Waals surface area contributed by atoms with Crippen LogP contribution in [0, 0.1) is 6.92 Å². The fourth-order valence-electron chi connectivity index (χ4n) is 1.51. The first-order valence-corrected chi connectivity index (χ1v) is 5.52. The summed E-state index contributed by atoms with van der Waals surface area (Å²) in [6.07, 6.45) is 0. The van der Waals surface area contributed by atoms with Crippen LogP contribution in [0.4, 0.5) is 5.69 Å². The van der Waals surface area contributed by atoms with Crippen LogP contribution >= 0.6 is 11.6 Å². The molecule has 18 heavy (non-hydrogen) atoms. The van der Waals surface area contributed by atoms with Crippen molar-refractivity contribution in [1.82, 2.24) is 5.27 Å². The Morgan fingerprint density at radius 1 is 1.50 bits per heavy atom. The monoisotopic (exact) mass is 268 g/mol. The van der Waals surface area contributed by atoms with Gasteiger partial charge in [0, 0.05) is 10.7 Å². The first kappa shape index (κ1) is 12.4. The van der Waals surface area contributed by atoms with Crippen molar-refractivity contribution in [2.75, 3.05) is 5.32 Å². The quantitative estimate of drug-likeness (QED) is 0.798. The van der Waals surface area contributed by atoms with Gasteiger partial charge in [-0.15, -0.1) is 0 Å². The molecule has 6 nitrogen and oxygen atoms in total. The maximum atomic E-state index is 11.9. The number of H-pyrrole nitrogens is 1. The molecule has 1 aromatic carbocycles. The highest BCUT2D eigenvalue weighted by Crippen LogP contribution is 2.22. The van der Waals surface area contributed by atoms with Crippen LogP contribution in [-0.4, -0.2) is 11.2 Å². The first-order chi connectivity index (χ1) is 8.50. The molecule has 0 radical (unpaired) electrons. The molecule has 2 N–H and O–H groups in total. The van der Waals surface area contributed by atoms with Crippen LogP contribution in [0.5, 0.6) is 0 Å². The smallest absolute Gasteiger partial charge is 0.316 e. The van der Waals surface area contributed by atoms with E-state index in [1.54, 1.807) is 25.1 Å². The minimum absolute atomic E-state index is 0.116. The predicted octanol–water partition coefficient (Wildman–Crippen LogP) is 1.01. The standard InChI is InChI=1S/C11H10ClN3O3/c1-6-7(12)4-3-5-8(6)13-10(16)9-11(17)18-14-15(9)2/h3-5H,1-2H3,(H-,13,14,16,17)/p+1. The molecule has 0 aliphatic rings. The number of hydrogen-bond acceptors (Lipinski definition) is 3. The van der Waals surface area contributed by atoms with Gasteiger partial charge < -0.3 is 5.32 Å². The summed E-state index contributed by atoms with van der Waals surface area (Å²) in [5, 5.41) is 5.42. The van der Waals surface area contributed by atoms with Gasteiger partial charge in [0.2, 0.25) is 0 Å². The van der Waals surface area contributed by atoms with Crippen molar-refractivity contribution in [3.05, 3.63) is 44.9 Å². The number of carbonyl (C=O) groups excluding carboxylic acids is 1. The molecule has 94 valence electrons. The predicted molar refractivity (Wildman–Crippen MR) is 64.6 cm³/mol. The number of hydrogen-bond donors (Lipinski definition) is 2. The van der Waals surface area contributed by atoms with Gasteiger partial charge >= 0.3 is 17.2 Å². The lowest BCUT2D eigenvalue weighted by atomic mass is 10.2. The lowest BCUT2D eigenvalue weighted by molar-refractivity contribution is -0.741. The van der Waals surface area contributed by atoms with Crippen LogP contribution in [0.15, 0.2) is 27.5 Å². The summed E-state index contributed by atoms with van der Waals surface area (Å²) in [5.41, 5.74) is 0.437. The summed E-state index contributed by atoms with van der Waals surface area (Å²) in [6.45, 7) is 1.78. The molecule has 0 saturated carbocycles. The number of benzene rings is 1. The van der Waals surface area contributed by atoms with Gasteiger partial charge in [-0.2, -0.15) is 0 Å². The summed E-state index contributed by atoms with van der Waals surface area (Å²) in [6, 6.07) is 5.13. The van der Waals surface area contributed by atoms with E-state index in [1.807, 2.05) is 0 Å². The number of anilines is 1. The molecule has 0 unspecified atom stereocenters. The third-order valence-corrected chi connectivity index (χ3v) is 2.94. The zero-order valence-electron chi connectivity index (χ0n) is 9.78. The number of halogens is 1. The summed E-state index contributed by atoms with van der Waals surface area (Å²) in [7, 11) is 1.50. The Labute approximate surface area is 107 Å². The van der Waals surface area contributed by atoms with Crippen LogP contribution in [0.1, 0.15) is 16.1 Å². The molecule has 1 heterocycles. The van der Waals surface area contributed by atoms with Gasteiger partial charge in [-0.05, 0) is 29.9 Å².